The van der Waals surface area contributed by atoms with E-state index in [1.165, 1.54) is 6.42 Å². The van der Waals surface area contributed by atoms with Gasteiger partial charge in [0, 0.05) is 35.1 Å². The average molecular weight is 323 g/mol. The molecule has 0 aliphatic carbocycles. The van der Waals surface area contributed by atoms with Crippen LogP contribution in [0.3, 0.4) is 0 Å². The molecule has 102 valence electrons. The number of rotatable bonds is 1. The van der Waals surface area contributed by atoms with Crippen LogP contribution in [-0.2, 0) is 0 Å². The Labute approximate surface area is 122 Å². The predicted molar refractivity (Wildman–Crippen MR) is 79.3 cm³/mol. The Balaban J connectivity index is 1.77. The molecule has 1 aromatic carbocycles. The molecule has 2 saturated heterocycles. The topological polar surface area (TPSA) is 32.3 Å². The molecular formula is C15H19BrN2O. The minimum absolute atomic E-state index is 0.174. The van der Waals surface area contributed by atoms with Crippen LogP contribution >= 0.6 is 15.9 Å². The van der Waals surface area contributed by atoms with Crippen LogP contribution in [0.2, 0.25) is 0 Å². The van der Waals surface area contributed by atoms with E-state index < -0.39 is 0 Å². The molecule has 0 radical (unpaired) electrons. The van der Waals surface area contributed by atoms with Gasteiger partial charge in [-0.25, -0.2) is 0 Å². The molecule has 0 bridgehead atoms. The first kappa shape index (κ1) is 13.1. The van der Waals surface area contributed by atoms with Crippen LogP contribution in [0.15, 0.2) is 22.7 Å². The molecule has 1 unspecified atom stereocenters. The van der Waals surface area contributed by atoms with Crippen LogP contribution in [0.5, 0.6) is 0 Å². The third kappa shape index (κ3) is 2.56. The third-order valence-corrected chi connectivity index (χ3v) is 4.80. The van der Waals surface area contributed by atoms with E-state index in [0.29, 0.717) is 5.41 Å². The number of likely N-dealkylation sites (tertiary alicyclic amines) is 1. The third-order valence-electron chi connectivity index (χ3n) is 4.35. The van der Waals surface area contributed by atoms with Gasteiger partial charge in [0.15, 0.2) is 0 Å². The van der Waals surface area contributed by atoms with Gasteiger partial charge in [-0.2, -0.15) is 0 Å². The molecule has 2 aliphatic rings. The number of nitrogens with zero attached hydrogens (tertiary/aromatic N) is 1. The predicted octanol–water partition coefficient (Wildman–Crippen LogP) is 2.58. The molecule has 4 heteroatoms. The number of amides is 1. The first-order valence-electron chi connectivity index (χ1n) is 6.85. The van der Waals surface area contributed by atoms with Gasteiger partial charge in [-0.05, 0) is 50.1 Å². The smallest absolute Gasteiger partial charge is 0.253 e. The fraction of sp³-hybridized carbons (Fsp3) is 0.533. The van der Waals surface area contributed by atoms with Crippen molar-refractivity contribution in [3.8, 4) is 0 Å². The van der Waals surface area contributed by atoms with Gasteiger partial charge >= 0.3 is 0 Å². The van der Waals surface area contributed by atoms with Gasteiger partial charge < -0.3 is 10.2 Å². The maximum Gasteiger partial charge on any atom is 0.253 e. The van der Waals surface area contributed by atoms with Crippen LogP contribution < -0.4 is 5.32 Å². The van der Waals surface area contributed by atoms with Crippen LogP contribution in [0.25, 0.3) is 0 Å². The Kier molecular flexibility index (Phi) is 3.39. The van der Waals surface area contributed by atoms with Crippen molar-refractivity contribution >= 4 is 21.8 Å². The molecule has 1 atom stereocenters. The fourth-order valence-electron chi connectivity index (χ4n) is 3.29. The van der Waals surface area contributed by atoms with Gasteiger partial charge in [0.05, 0.1) is 0 Å². The Morgan fingerprint density at radius 2 is 2.21 bits per heavy atom. The van der Waals surface area contributed by atoms with Gasteiger partial charge in [-0.15, -0.1) is 0 Å². The minimum Gasteiger partial charge on any atom is -0.338 e. The Bertz CT molecular complexity index is 489. The van der Waals surface area contributed by atoms with Gasteiger partial charge in [0.25, 0.3) is 5.91 Å². The average Bonchev–Trinajstić information content (AvgIpc) is 2.98. The van der Waals surface area contributed by atoms with Crippen molar-refractivity contribution in [3.63, 3.8) is 0 Å². The molecule has 0 aromatic heterocycles. The number of carbonyl (C=O) groups excluding carboxylic acids is 1. The number of hydrogen-bond acceptors (Lipinski definition) is 2. The van der Waals surface area contributed by atoms with Crippen molar-refractivity contribution in [2.24, 2.45) is 5.41 Å². The van der Waals surface area contributed by atoms with E-state index in [1.807, 2.05) is 30.0 Å². The van der Waals surface area contributed by atoms with Gasteiger partial charge in [0.1, 0.15) is 0 Å². The molecule has 0 saturated carbocycles. The van der Waals surface area contributed by atoms with Crippen molar-refractivity contribution in [1.82, 2.24) is 10.2 Å². The van der Waals surface area contributed by atoms with E-state index in [9.17, 15) is 4.79 Å². The molecule has 2 fully saturated rings. The van der Waals surface area contributed by atoms with Crippen LogP contribution in [-0.4, -0.2) is 37.0 Å². The first-order valence-corrected chi connectivity index (χ1v) is 7.65. The number of aryl methyl sites for hydroxylation is 1. The summed E-state index contributed by atoms with van der Waals surface area (Å²) in [5, 5.41) is 3.43. The summed E-state index contributed by atoms with van der Waals surface area (Å²) < 4.78 is 0.979. The van der Waals surface area contributed by atoms with Gasteiger partial charge in [-0.1, -0.05) is 15.9 Å². The maximum absolute atomic E-state index is 12.6. The highest BCUT2D eigenvalue weighted by Crippen LogP contribution is 2.36. The number of carbonyl (C=O) groups is 1. The normalized spacial score (nSPS) is 26.3. The number of hydrogen-bond donors (Lipinski definition) is 1. The van der Waals surface area contributed by atoms with E-state index in [4.69, 9.17) is 0 Å². The molecule has 19 heavy (non-hydrogen) atoms. The zero-order chi connectivity index (χ0) is 13.5. The maximum atomic E-state index is 12.6. The van der Waals surface area contributed by atoms with Gasteiger partial charge in [-0.3, -0.25) is 4.79 Å². The molecule has 1 aromatic rings. The van der Waals surface area contributed by atoms with Crippen molar-refractivity contribution < 1.29 is 4.79 Å². The standard InChI is InChI=1S/C15H19BrN2O/c1-11-6-12(8-13(16)7-11)14(19)18-5-3-15(10-18)2-4-17-9-15/h6-8,17H,2-5,9-10H2,1H3. The summed E-state index contributed by atoms with van der Waals surface area (Å²) in [6, 6.07) is 5.93. The highest BCUT2D eigenvalue weighted by Gasteiger charge is 2.41. The lowest BCUT2D eigenvalue weighted by atomic mass is 9.86. The molecule has 1 amide bonds. The van der Waals surface area contributed by atoms with Crippen molar-refractivity contribution in [2.45, 2.75) is 19.8 Å². The lowest BCUT2D eigenvalue weighted by molar-refractivity contribution is 0.0775. The Morgan fingerprint density at radius 3 is 2.89 bits per heavy atom. The second-order valence-electron chi connectivity index (χ2n) is 5.92. The summed E-state index contributed by atoms with van der Waals surface area (Å²) in [5.74, 6) is 0.174. The summed E-state index contributed by atoms with van der Waals surface area (Å²) in [4.78, 5) is 14.6. The second kappa shape index (κ2) is 4.91. The number of halogens is 1. The van der Waals surface area contributed by atoms with Crippen molar-refractivity contribution in [1.29, 1.82) is 0 Å². The minimum atomic E-state index is 0.174. The zero-order valence-corrected chi connectivity index (χ0v) is 12.8. The highest BCUT2D eigenvalue weighted by molar-refractivity contribution is 9.10. The largest absolute Gasteiger partial charge is 0.338 e. The SMILES string of the molecule is Cc1cc(Br)cc(C(=O)N2CCC3(CCNC3)C2)c1. The summed E-state index contributed by atoms with van der Waals surface area (Å²) in [6.07, 6.45) is 2.34. The summed E-state index contributed by atoms with van der Waals surface area (Å²) in [5.41, 5.74) is 2.26. The zero-order valence-electron chi connectivity index (χ0n) is 11.2. The van der Waals surface area contributed by atoms with Crippen molar-refractivity contribution in [2.75, 3.05) is 26.2 Å². The monoisotopic (exact) mass is 322 g/mol. The summed E-state index contributed by atoms with van der Waals surface area (Å²) >= 11 is 3.47. The molecule has 1 N–H and O–H groups in total. The lowest BCUT2D eigenvalue weighted by Crippen LogP contribution is -2.33. The fourth-order valence-corrected chi connectivity index (χ4v) is 3.90. The molecule has 3 nitrogen and oxygen atoms in total. The molecule has 2 heterocycles. The van der Waals surface area contributed by atoms with E-state index in [0.717, 1.165) is 48.2 Å². The van der Waals surface area contributed by atoms with Crippen LogP contribution in [0.1, 0.15) is 28.8 Å². The van der Waals surface area contributed by atoms with E-state index in [2.05, 4.69) is 21.2 Å². The number of nitrogens with one attached hydrogen (secondary N) is 1. The van der Waals surface area contributed by atoms with E-state index in [-0.39, 0.29) is 5.91 Å². The molecule has 2 aliphatic heterocycles. The van der Waals surface area contributed by atoms with Gasteiger partial charge in [0.2, 0.25) is 0 Å². The first-order chi connectivity index (χ1) is 9.08. The molecule has 3 rings (SSSR count). The molecular weight excluding hydrogens is 304 g/mol. The van der Waals surface area contributed by atoms with Crippen LogP contribution in [0.4, 0.5) is 0 Å². The highest BCUT2D eigenvalue weighted by atomic mass is 79.9. The lowest BCUT2D eigenvalue weighted by Gasteiger charge is -2.23. The Hall–Kier alpha value is -0.870. The Morgan fingerprint density at radius 1 is 1.37 bits per heavy atom. The second-order valence-corrected chi connectivity index (χ2v) is 6.84. The molecule has 1 spiro atoms. The summed E-state index contributed by atoms with van der Waals surface area (Å²) in [6.45, 7) is 5.98. The number of benzene rings is 1. The van der Waals surface area contributed by atoms with Crippen molar-refractivity contribution in [3.05, 3.63) is 33.8 Å². The quantitative estimate of drug-likeness (QED) is 0.862. The van der Waals surface area contributed by atoms with E-state index >= 15 is 0 Å². The summed E-state index contributed by atoms with van der Waals surface area (Å²) in [7, 11) is 0. The van der Waals surface area contributed by atoms with Crippen LogP contribution in [0, 0.1) is 12.3 Å². The van der Waals surface area contributed by atoms with E-state index in [1.54, 1.807) is 0 Å².